The fourth-order valence-corrected chi connectivity index (χ4v) is 3.28. The van der Waals surface area contributed by atoms with Crippen LogP contribution in [-0.2, 0) is 13.2 Å². The van der Waals surface area contributed by atoms with Crippen LogP contribution in [0.2, 0.25) is 0 Å². The molecule has 27 heavy (non-hydrogen) atoms. The molecule has 0 aliphatic rings. The molecule has 0 unspecified atom stereocenters. The van der Waals surface area contributed by atoms with Crippen molar-refractivity contribution in [3.05, 3.63) is 89.7 Å². The van der Waals surface area contributed by atoms with E-state index in [2.05, 4.69) is 16.7 Å². The van der Waals surface area contributed by atoms with E-state index in [1.165, 1.54) is 0 Å². The Kier molecular flexibility index (Phi) is 4.79. The summed E-state index contributed by atoms with van der Waals surface area (Å²) in [6, 6.07) is 24.3. The highest BCUT2D eigenvalue weighted by atomic mass is 16.5. The molecule has 0 saturated carbocycles. The highest BCUT2D eigenvalue weighted by Crippen LogP contribution is 2.24. The third-order valence-electron chi connectivity index (χ3n) is 4.70. The first-order valence-corrected chi connectivity index (χ1v) is 9.00. The van der Waals surface area contributed by atoms with Gasteiger partial charge in [-0.25, -0.2) is 4.98 Å². The quantitative estimate of drug-likeness (QED) is 0.488. The highest BCUT2D eigenvalue weighted by molar-refractivity contribution is 5.76. The standard InChI is InChI=1S/C23H22N2O2/c1-17-9-3-7-13-21(17)27-16-23-24-19-11-5-6-12-20(19)25(23)15-18-10-4-8-14-22(18)26-2/h3-14H,15-16H2,1-2H3. The minimum atomic E-state index is 0.411. The number of methoxy groups -OCH3 is 1. The minimum Gasteiger partial charge on any atom is -0.496 e. The largest absolute Gasteiger partial charge is 0.496 e. The molecule has 0 aliphatic carbocycles. The Labute approximate surface area is 159 Å². The summed E-state index contributed by atoms with van der Waals surface area (Å²) >= 11 is 0. The zero-order valence-electron chi connectivity index (χ0n) is 15.6. The van der Waals surface area contributed by atoms with Crippen LogP contribution in [-0.4, -0.2) is 16.7 Å². The number of hydrogen-bond acceptors (Lipinski definition) is 3. The lowest BCUT2D eigenvalue weighted by Gasteiger charge is -2.13. The van der Waals surface area contributed by atoms with E-state index in [0.717, 1.165) is 39.5 Å². The second-order valence-corrected chi connectivity index (χ2v) is 6.47. The zero-order chi connectivity index (χ0) is 18.6. The second-order valence-electron chi connectivity index (χ2n) is 6.47. The van der Waals surface area contributed by atoms with Gasteiger partial charge in [0.15, 0.2) is 0 Å². The number of ether oxygens (including phenoxy) is 2. The van der Waals surface area contributed by atoms with Crippen LogP contribution in [0.3, 0.4) is 0 Å². The van der Waals surface area contributed by atoms with E-state index >= 15 is 0 Å². The van der Waals surface area contributed by atoms with Gasteiger partial charge in [-0.05, 0) is 36.8 Å². The van der Waals surface area contributed by atoms with Crippen molar-refractivity contribution < 1.29 is 9.47 Å². The number of nitrogens with zero attached hydrogens (tertiary/aromatic N) is 2. The van der Waals surface area contributed by atoms with Crippen LogP contribution in [0.15, 0.2) is 72.8 Å². The van der Waals surface area contributed by atoms with Crippen LogP contribution in [0.25, 0.3) is 11.0 Å². The van der Waals surface area contributed by atoms with Crippen LogP contribution in [0.1, 0.15) is 17.0 Å². The molecule has 4 aromatic rings. The Hall–Kier alpha value is -3.27. The Morgan fingerprint density at radius 1 is 0.852 bits per heavy atom. The summed E-state index contributed by atoms with van der Waals surface area (Å²) < 4.78 is 13.8. The number of rotatable bonds is 6. The summed E-state index contributed by atoms with van der Waals surface area (Å²) in [6.45, 7) is 3.14. The summed E-state index contributed by atoms with van der Waals surface area (Å²) in [4.78, 5) is 4.81. The maximum atomic E-state index is 6.07. The third-order valence-corrected chi connectivity index (χ3v) is 4.70. The third kappa shape index (κ3) is 3.51. The molecule has 0 fully saturated rings. The van der Waals surface area contributed by atoms with Gasteiger partial charge in [-0.3, -0.25) is 0 Å². The average molecular weight is 358 g/mol. The summed E-state index contributed by atoms with van der Waals surface area (Å²) in [7, 11) is 1.70. The van der Waals surface area contributed by atoms with E-state index in [9.17, 15) is 0 Å². The highest BCUT2D eigenvalue weighted by Gasteiger charge is 2.13. The van der Waals surface area contributed by atoms with Crippen molar-refractivity contribution in [2.45, 2.75) is 20.1 Å². The summed E-state index contributed by atoms with van der Waals surface area (Å²) in [5.41, 5.74) is 4.28. The van der Waals surface area contributed by atoms with Crippen molar-refractivity contribution in [3.63, 3.8) is 0 Å². The first-order valence-electron chi connectivity index (χ1n) is 9.00. The lowest BCUT2D eigenvalue weighted by molar-refractivity contribution is 0.289. The molecular weight excluding hydrogens is 336 g/mol. The molecule has 0 N–H and O–H groups in total. The van der Waals surface area contributed by atoms with Gasteiger partial charge in [0.05, 0.1) is 24.7 Å². The molecule has 0 atom stereocenters. The van der Waals surface area contributed by atoms with Gasteiger partial charge in [-0.2, -0.15) is 0 Å². The number of hydrogen-bond donors (Lipinski definition) is 0. The molecule has 4 heteroatoms. The van der Waals surface area contributed by atoms with E-state index in [1.54, 1.807) is 7.11 Å². The van der Waals surface area contributed by atoms with Gasteiger partial charge in [0.1, 0.15) is 23.9 Å². The van der Waals surface area contributed by atoms with Gasteiger partial charge < -0.3 is 14.0 Å². The zero-order valence-corrected chi connectivity index (χ0v) is 15.6. The van der Waals surface area contributed by atoms with Crippen LogP contribution in [0.5, 0.6) is 11.5 Å². The molecule has 4 rings (SSSR count). The Balaban J connectivity index is 1.70. The van der Waals surface area contributed by atoms with E-state index in [1.807, 2.05) is 67.6 Å². The number of imidazole rings is 1. The summed E-state index contributed by atoms with van der Waals surface area (Å²) in [5.74, 6) is 2.65. The summed E-state index contributed by atoms with van der Waals surface area (Å²) in [6.07, 6.45) is 0. The van der Waals surface area contributed by atoms with Gasteiger partial charge in [0.25, 0.3) is 0 Å². The molecule has 1 heterocycles. The number of fused-ring (bicyclic) bond motifs is 1. The predicted octanol–water partition coefficient (Wildman–Crippen LogP) is 4.98. The normalized spacial score (nSPS) is 10.9. The van der Waals surface area contributed by atoms with Gasteiger partial charge >= 0.3 is 0 Å². The molecule has 0 bridgehead atoms. The van der Waals surface area contributed by atoms with Crippen molar-refractivity contribution in [1.29, 1.82) is 0 Å². The van der Waals surface area contributed by atoms with E-state index in [-0.39, 0.29) is 0 Å². The Bertz CT molecular complexity index is 1070. The van der Waals surface area contributed by atoms with Crippen molar-refractivity contribution in [3.8, 4) is 11.5 Å². The maximum absolute atomic E-state index is 6.07. The van der Waals surface area contributed by atoms with Crippen molar-refractivity contribution in [1.82, 2.24) is 9.55 Å². The first-order chi connectivity index (χ1) is 13.3. The lowest BCUT2D eigenvalue weighted by Crippen LogP contribution is -2.09. The van der Waals surface area contributed by atoms with Crippen molar-refractivity contribution in [2.75, 3.05) is 7.11 Å². The van der Waals surface area contributed by atoms with Crippen molar-refractivity contribution >= 4 is 11.0 Å². The molecule has 0 amide bonds. The smallest absolute Gasteiger partial charge is 0.148 e. The average Bonchev–Trinajstić information content (AvgIpc) is 3.05. The molecule has 4 nitrogen and oxygen atoms in total. The monoisotopic (exact) mass is 358 g/mol. The molecule has 0 aliphatic heterocycles. The number of para-hydroxylation sites is 4. The second kappa shape index (κ2) is 7.54. The topological polar surface area (TPSA) is 36.3 Å². The van der Waals surface area contributed by atoms with Gasteiger partial charge in [0.2, 0.25) is 0 Å². The SMILES string of the molecule is COc1ccccc1Cn1c(COc2ccccc2C)nc2ccccc21. The fraction of sp³-hybridized carbons (Fsp3) is 0.174. The molecule has 136 valence electrons. The van der Waals surface area contributed by atoms with Crippen LogP contribution in [0, 0.1) is 6.92 Å². The number of aryl methyl sites for hydroxylation is 1. The molecule has 0 spiro atoms. The number of aromatic nitrogens is 2. The van der Waals surface area contributed by atoms with Crippen molar-refractivity contribution in [2.24, 2.45) is 0 Å². The van der Waals surface area contributed by atoms with Gasteiger partial charge in [-0.1, -0.05) is 48.5 Å². The Morgan fingerprint density at radius 3 is 2.37 bits per heavy atom. The van der Waals surface area contributed by atoms with E-state index in [4.69, 9.17) is 14.5 Å². The van der Waals surface area contributed by atoms with Gasteiger partial charge in [0, 0.05) is 5.56 Å². The fourth-order valence-electron chi connectivity index (χ4n) is 3.28. The predicted molar refractivity (Wildman–Crippen MR) is 107 cm³/mol. The first kappa shape index (κ1) is 17.2. The maximum Gasteiger partial charge on any atom is 0.148 e. The van der Waals surface area contributed by atoms with E-state index in [0.29, 0.717) is 13.2 Å². The molecular formula is C23H22N2O2. The molecule has 0 saturated heterocycles. The van der Waals surface area contributed by atoms with Crippen LogP contribution >= 0.6 is 0 Å². The van der Waals surface area contributed by atoms with Crippen LogP contribution in [0.4, 0.5) is 0 Å². The molecule has 0 radical (unpaired) electrons. The van der Waals surface area contributed by atoms with Gasteiger partial charge in [-0.15, -0.1) is 0 Å². The number of benzene rings is 3. The Morgan fingerprint density at radius 2 is 1.56 bits per heavy atom. The molecule has 1 aromatic heterocycles. The molecule has 3 aromatic carbocycles. The van der Waals surface area contributed by atoms with E-state index < -0.39 is 0 Å². The lowest BCUT2D eigenvalue weighted by atomic mass is 10.2. The van der Waals surface area contributed by atoms with Crippen LogP contribution < -0.4 is 9.47 Å². The summed E-state index contributed by atoms with van der Waals surface area (Å²) in [5, 5.41) is 0. The minimum absolute atomic E-state index is 0.411.